The van der Waals surface area contributed by atoms with Crippen LogP contribution in [0.15, 0.2) is 73.4 Å². The maximum absolute atomic E-state index is 11.9. The number of nitrogens with zero attached hydrogens (tertiary/aromatic N) is 1. The lowest BCUT2D eigenvalue weighted by molar-refractivity contribution is -0.139. The number of nitrogens with two attached hydrogens (primary N) is 1. The highest BCUT2D eigenvalue weighted by Gasteiger charge is 2.21. The number of carboxylic acids is 1. The number of nitrogens with one attached hydrogen (secondary N) is 1. The van der Waals surface area contributed by atoms with Crippen molar-refractivity contribution < 1.29 is 9.90 Å². The zero-order chi connectivity index (χ0) is 27.4. The highest BCUT2D eigenvalue weighted by atomic mass is 35.5. The molecule has 5 nitrogen and oxygen atoms in total. The SMILES string of the molecule is C=C(NC(Cc1cccc(CCC(C)(C)CCC)c1)C(=O)O)c1c(Cl)cccc1Cl.Nc1ccccn1. The number of carbonyl (C=O) groups is 1. The van der Waals surface area contributed by atoms with Crippen molar-refractivity contribution in [2.75, 3.05) is 5.73 Å². The van der Waals surface area contributed by atoms with Crippen LogP contribution in [-0.4, -0.2) is 22.1 Å². The molecule has 0 saturated heterocycles. The van der Waals surface area contributed by atoms with Crippen molar-refractivity contribution in [3.63, 3.8) is 0 Å². The zero-order valence-electron chi connectivity index (χ0n) is 21.8. The second-order valence-electron chi connectivity index (χ2n) is 9.80. The Morgan fingerprint density at radius 3 is 2.24 bits per heavy atom. The molecule has 0 fully saturated rings. The molecule has 0 amide bonds. The van der Waals surface area contributed by atoms with Crippen LogP contribution in [0.5, 0.6) is 0 Å². The summed E-state index contributed by atoms with van der Waals surface area (Å²) in [5, 5.41) is 13.6. The first-order valence-corrected chi connectivity index (χ1v) is 13.1. The first-order chi connectivity index (χ1) is 17.5. The lowest BCUT2D eigenvalue weighted by atomic mass is 9.82. The Kier molecular flexibility index (Phi) is 12.0. The van der Waals surface area contributed by atoms with Crippen LogP contribution in [0.3, 0.4) is 0 Å². The maximum Gasteiger partial charge on any atom is 0.326 e. The number of pyridine rings is 1. The van der Waals surface area contributed by atoms with Gasteiger partial charge in [-0.1, -0.05) is 93.4 Å². The fraction of sp³-hybridized carbons (Fsp3) is 0.333. The molecule has 3 aromatic rings. The summed E-state index contributed by atoms with van der Waals surface area (Å²) in [6.45, 7) is 10.8. The summed E-state index contributed by atoms with van der Waals surface area (Å²) in [6.07, 6.45) is 6.46. The van der Waals surface area contributed by atoms with Gasteiger partial charge in [-0.15, -0.1) is 0 Å². The summed E-state index contributed by atoms with van der Waals surface area (Å²) in [5.41, 5.74) is 8.68. The van der Waals surface area contributed by atoms with Gasteiger partial charge >= 0.3 is 5.97 Å². The first-order valence-electron chi connectivity index (χ1n) is 12.4. The number of carboxylic acid groups (broad SMARTS) is 1. The minimum Gasteiger partial charge on any atom is -0.480 e. The van der Waals surface area contributed by atoms with E-state index >= 15 is 0 Å². The van der Waals surface area contributed by atoms with Gasteiger partial charge in [0, 0.05) is 23.9 Å². The fourth-order valence-corrected chi connectivity index (χ4v) is 4.70. The highest BCUT2D eigenvalue weighted by Crippen LogP contribution is 2.30. The number of benzene rings is 2. The lowest BCUT2D eigenvalue weighted by Crippen LogP contribution is -2.37. The van der Waals surface area contributed by atoms with E-state index in [4.69, 9.17) is 28.9 Å². The van der Waals surface area contributed by atoms with E-state index in [2.05, 4.69) is 49.8 Å². The second-order valence-corrected chi connectivity index (χ2v) is 10.6. The van der Waals surface area contributed by atoms with Gasteiger partial charge in [-0.25, -0.2) is 9.78 Å². The molecular formula is C30H37Cl2N3O2. The van der Waals surface area contributed by atoms with E-state index in [9.17, 15) is 9.90 Å². The number of aliphatic carboxylic acids is 1. The van der Waals surface area contributed by atoms with E-state index < -0.39 is 12.0 Å². The van der Waals surface area contributed by atoms with E-state index in [1.54, 1.807) is 30.5 Å². The molecule has 1 unspecified atom stereocenters. The minimum absolute atomic E-state index is 0.307. The number of rotatable bonds is 11. The molecule has 37 heavy (non-hydrogen) atoms. The predicted octanol–water partition coefficient (Wildman–Crippen LogP) is 7.67. The van der Waals surface area contributed by atoms with Crippen molar-refractivity contribution >= 4 is 40.7 Å². The molecule has 7 heteroatoms. The fourth-order valence-electron chi connectivity index (χ4n) is 4.08. The van der Waals surface area contributed by atoms with Crippen molar-refractivity contribution in [2.45, 2.75) is 58.9 Å². The molecule has 0 spiro atoms. The number of anilines is 1. The third-order valence-corrected chi connectivity index (χ3v) is 6.68. The summed E-state index contributed by atoms with van der Waals surface area (Å²) in [7, 11) is 0. The van der Waals surface area contributed by atoms with Gasteiger partial charge in [0.15, 0.2) is 0 Å². The van der Waals surface area contributed by atoms with Crippen LogP contribution in [0.4, 0.5) is 5.82 Å². The molecule has 0 aliphatic rings. The van der Waals surface area contributed by atoms with E-state index in [-0.39, 0.29) is 0 Å². The topological polar surface area (TPSA) is 88.2 Å². The van der Waals surface area contributed by atoms with Crippen molar-refractivity contribution in [1.29, 1.82) is 0 Å². The number of aryl methyl sites for hydroxylation is 1. The average molecular weight is 543 g/mol. The Morgan fingerprint density at radius 2 is 1.70 bits per heavy atom. The monoisotopic (exact) mass is 541 g/mol. The first kappa shape index (κ1) is 30.2. The Morgan fingerprint density at radius 1 is 1.05 bits per heavy atom. The van der Waals surface area contributed by atoms with E-state index in [0.29, 0.717) is 39.0 Å². The largest absolute Gasteiger partial charge is 0.480 e. The molecule has 1 heterocycles. The molecule has 0 aliphatic heterocycles. The summed E-state index contributed by atoms with van der Waals surface area (Å²) in [5.74, 6) is -0.378. The molecule has 1 atom stereocenters. The van der Waals surface area contributed by atoms with Gasteiger partial charge < -0.3 is 16.2 Å². The molecule has 1 aromatic heterocycles. The molecule has 2 aromatic carbocycles. The summed E-state index contributed by atoms with van der Waals surface area (Å²) < 4.78 is 0. The van der Waals surface area contributed by atoms with Crippen LogP contribution in [0, 0.1) is 5.41 Å². The predicted molar refractivity (Wildman–Crippen MR) is 156 cm³/mol. The number of hydrogen-bond donors (Lipinski definition) is 3. The van der Waals surface area contributed by atoms with Crippen molar-refractivity contribution in [3.8, 4) is 0 Å². The van der Waals surface area contributed by atoms with Crippen LogP contribution >= 0.6 is 23.2 Å². The Labute approximate surface area is 230 Å². The number of nitrogen functional groups attached to an aromatic ring is 1. The quantitative estimate of drug-likeness (QED) is 0.231. The van der Waals surface area contributed by atoms with Gasteiger partial charge in [0.2, 0.25) is 0 Å². The third-order valence-electron chi connectivity index (χ3n) is 6.05. The van der Waals surface area contributed by atoms with Crippen LogP contribution < -0.4 is 11.1 Å². The standard InChI is InChI=1S/C25H31Cl2NO2.C5H6N2/c1-5-13-25(3,4)14-12-18-8-6-9-19(15-18)16-22(24(29)30)28-17(2)23-20(26)10-7-11-21(23)27;6-5-3-1-2-4-7-5/h6-11,15,22,28H,2,5,12-14,16H2,1,3-4H3,(H,29,30);1-4H,(H2,6,7). The molecule has 3 rings (SSSR count). The van der Waals surface area contributed by atoms with Gasteiger partial charge in [-0.3, -0.25) is 0 Å². The Bertz CT molecular complexity index is 1150. The molecule has 0 saturated carbocycles. The van der Waals surface area contributed by atoms with Crippen LogP contribution in [0.2, 0.25) is 10.0 Å². The summed E-state index contributed by atoms with van der Waals surface area (Å²) in [6, 6.07) is 17.9. The number of hydrogen-bond acceptors (Lipinski definition) is 4. The molecular weight excluding hydrogens is 505 g/mol. The van der Waals surface area contributed by atoms with Crippen molar-refractivity contribution in [2.24, 2.45) is 5.41 Å². The van der Waals surface area contributed by atoms with E-state index in [0.717, 1.165) is 18.4 Å². The molecule has 0 aliphatic carbocycles. The lowest BCUT2D eigenvalue weighted by Gasteiger charge is -2.24. The van der Waals surface area contributed by atoms with Crippen molar-refractivity contribution in [1.82, 2.24) is 10.3 Å². The average Bonchev–Trinajstić information content (AvgIpc) is 2.83. The minimum atomic E-state index is -0.950. The summed E-state index contributed by atoms with van der Waals surface area (Å²) >= 11 is 12.5. The van der Waals surface area contributed by atoms with Gasteiger partial charge in [-0.05, 0) is 60.1 Å². The van der Waals surface area contributed by atoms with Crippen LogP contribution in [0.1, 0.15) is 56.7 Å². The van der Waals surface area contributed by atoms with E-state index in [1.165, 1.54) is 18.4 Å². The Balaban J connectivity index is 0.000000591. The Hall–Kier alpha value is -3.02. The zero-order valence-corrected chi connectivity index (χ0v) is 23.3. The maximum atomic E-state index is 11.9. The number of aromatic nitrogens is 1. The van der Waals surface area contributed by atoms with Crippen LogP contribution in [-0.2, 0) is 17.6 Å². The van der Waals surface area contributed by atoms with Crippen molar-refractivity contribution in [3.05, 3.63) is 100 Å². The smallest absolute Gasteiger partial charge is 0.326 e. The van der Waals surface area contributed by atoms with Gasteiger partial charge in [0.1, 0.15) is 11.9 Å². The van der Waals surface area contributed by atoms with Gasteiger partial charge in [0.05, 0.1) is 10.0 Å². The highest BCUT2D eigenvalue weighted by molar-refractivity contribution is 6.37. The summed E-state index contributed by atoms with van der Waals surface area (Å²) in [4.78, 5) is 15.6. The molecule has 4 N–H and O–H groups in total. The van der Waals surface area contributed by atoms with Gasteiger partial charge in [-0.2, -0.15) is 0 Å². The second kappa shape index (κ2) is 14.7. The molecule has 0 bridgehead atoms. The third kappa shape index (κ3) is 10.5. The molecule has 198 valence electrons. The van der Waals surface area contributed by atoms with Gasteiger partial charge in [0.25, 0.3) is 0 Å². The van der Waals surface area contributed by atoms with E-state index in [1.807, 2.05) is 24.3 Å². The molecule has 0 radical (unpaired) electrons. The number of halogens is 2. The normalized spacial score (nSPS) is 11.7. The van der Waals surface area contributed by atoms with Crippen LogP contribution in [0.25, 0.3) is 5.70 Å².